The molecule has 1 atom stereocenters. The number of hydrogen-bond donors (Lipinski definition) is 1. The molecule has 0 spiro atoms. The van der Waals surface area contributed by atoms with Crippen LogP contribution < -0.4 is 10.1 Å². The molecular weight excluding hydrogens is 264 g/mol. The first-order valence-corrected chi connectivity index (χ1v) is 7.04. The molecule has 0 saturated heterocycles. The topological polar surface area (TPSA) is 51.2 Å². The third-order valence-corrected chi connectivity index (χ3v) is 3.00. The first-order valence-electron chi connectivity index (χ1n) is 7.04. The van der Waals surface area contributed by atoms with Gasteiger partial charge in [0.25, 0.3) is 5.91 Å². The van der Waals surface area contributed by atoms with Crippen molar-refractivity contribution in [3.63, 3.8) is 0 Å². The molecule has 4 nitrogen and oxygen atoms in total. The number of carbonyl (C=O) groups is 1. The van der Waals surface area contributed by atoms with E-state index in [1.165, 1.54) is 0 Å². The maximum Gasteiger partial charge on any atom is 0.253 e. The maximum atomic E-state index is 12.1. The first-order chi connectivity index (χ1) is 10.1. The molecular formula is C17H20N2O2. The number of amides is 1. The highest BCUT2D eigenvalue weighted by Gasteiger charge is 2.12. The van der Waals surface area contributed by atoms with Gasteiger partial charge in [0.15, 0.2) is 0 Å². The van der Waals surface area contributed by atoms with Gasteiger partial charge in [-0.25, -0.2) is 0 Å². The fourth-order valence-electron chi connectivity index (χ4n) is 1.99. The Morgan fingerprint density at radius 2 is 2.00 bits per heavy atom. The van der Waals surface area contributed by atoms with Gasteiger partial charge in [-0.2, -0.15) is 0 Å². The Bertz CT molecular complexity index is 597. The summed E-state index contributed by atoms with van der Waals surface area (Å²) < 4.78 is 5.67. The molecule has 0 bridgehead atoms. The first kappa shape index (κ1) is 15.0. The van der Waals surface area contributed by atoms with Gasteiger partial charge in [0.2, 0.25) is 0 Å². The lowest BCUT2D eigenvalue weighted by Crippen LogP contribution is -2.26. The normalized spacial score (nSPS) is 12.0. The van der Waals surface area contributed by atoms with E-state index >= 15 is 0 Å². The zero-order chi connectivity index (χ0) is 15.2. The van der Waals surface area contributed by atoms with Gasteiger partial charge < -0.3 is 10.1 Å². The molecule has 0 aliphatic rings. The number of hydrogen-bond acceptors (Lipinski definition) is 3. The van der Waals surface area contributed by atoms with Crippen molar-refractivity contribution in [2.45, 2.75) is 32.9 Å². The molecule has 1 N–H and O–H groups in total. The van der Waals surface area contributed by atoms with Gasteiger partial charge in [-0.3, -0.25) is 9.78 Å². The quantitative estimate of drug-likeness (QED) is 0.916. The van der Waals surface area contributed by atoms with Gasteiger partial charge in [-0.1, -0.05) is 12.1 Å². The second-order valence-corrected chi connectivity index (χ2v) is 5.18. The van der Waals surface area contributed by atoms with Gasteiger partial charge in [-0.05, 0) is 50.6 Å². The molecule has 21 heavy (non-hydrogen) atoms. The zero-order valence-corrected chi connectivity index (χ0v) is 12.5. The van der Waals surface area contributed by atoms with E-state index in [2.05, 4.69) is 10.3 Å². The molecule has 1 aromatic carbocycles. The van der Waals surface area contributed by atoms with Gasteiger partial charge >= 0.3 is 0 Å². The van der Waals surface area contributed by atoms with Crippen molar-refractivity contribution in [2.24, 2.45) is 0 Å². The van der Waals surface area contributed by atoms with Crippen LogP contribution in [0.15, 0.2) is 48.8 Å². The van der Waals surface area contributed by atoms with E-state index in [1.807, 2.05) is 45.0 Å². The minimum absolute atomic E-state index is 0.103. The van der Waals surface area contributed by atoms with Gasteiger partial charge in [0, 0.05) is 12.4 Å². The lowest BCUT2D eigenvalue weighted by molar-refractivity contribution is 0.0939. The summed E-state index contributed by atoms with van der Waals surface area (Å²) in [5.41, 5.74) is 1.56. The smallest absolute Gasteiger partial charge is 0.253 e. The lowest BCUT2D eigenvalue weighted by Gasteiger charge is -2.16. The van der Waals surface area contributed by atoms with E-state index in [-0.39, 0.29) is 18.1 Å². The number of benzene rings is 1. The summed E-state index contributed by atoms with van der Waals surface area (Å²) in [7, 11) is 0. The number of ether oxygens (including phenoxy) is 1. The average molecular weight is 284 g/mol. The van der Waals surface area contributed by atoms with E-state index < -0.39 is 0 Å². The van der Waals surface area contributed by atoms with Crippen molar-refractivity contribution in [3.8, 4) is 5.75 Å². The predicted molar refractivity (Wildman–Crippen MR) is 82.3 cm³/mol. The van der Waals surface area contributed by atoms with E-state index in [0.717, 1.165) is 11.3 Å². The molecule has 1 amide bonds. The summed E-state index contributed by atoms with van der Waals surface area (Å²) in [6, 6.07) is 11.2. The number of nitrogens with zero attached hydrogens (tertiary/aromatic N) is 1. The molecule has 1 heterocycles. The van der Waals surface area contributed by atoms with Gasteiger partial charge in [0.05, 0.1) is 17.7 Å². The van der Waals surface area contributed by atoms with Crippen LogP contribution in [-0.4, -0.2) is 17.0 Å². The van der Waals surface area contributed by atoms with Crippen molar-refractivity contribution in [1.82, 2.24) is 10.3 Å². The summed E-state index contributed by atoms with van der Waals surface area (Å²) in [6.45, 7) is 5.92. The summed E-state index contributed by atoms with van der Waals surface area (Å²) in [4.78, 5) is 16.1. The molecule has 2 rings (SSSR count). The Kier molecular flexibility index (Phi) is 4.93. The summed E-state index contributed by atoms with van der Waals surface area (Å²) in [6.07, 6.45) is 3.33. The van der Waals surface area contributed by atoms with Crippen LogP contribution in [0.5, 0.6) is 5.75 Å². The number of nitrogens with one attached hydrogen (secondary N) is 1. The highest BCUT2D eigenvalue weighted by Crippen LogP contribution is 2.20. The van der Waals surface area contributed by atoms with E-state index in [9.17, 15) is 4.79 Å². The van der Waals surface area contributed by atoms with Crippen molar-refractivity contribution in [3.05, 3.63) is 59.9 Å². The summed E-state index contributed by atoms with van der Waals surface area (Å²) in [5, 5.41) is 2.96. The van der Waals surface area contributed by atoms with Gasteiger partial charge in [0.1, 0.15) is 5.75 Å². The highest BCUT2D eigenvalue weighted by atomic mass is 16.5. The minimum Gasteiger partial charge on any atom is -0.491 e. The van der Waals surface area contributed by atoms with E-state index in [1.54, 1.807) is 24.5 Å². The number of rotatable bonds is 5. The van der Waals surface area contributed by atoms with E-state index in [0.29, 0.717) is 5.56 Å². The van der Waals surface area contributed by atoms with Crippen LogP contribution in [0.3, 0.4) is 0 Å². The van der Waals surface area contributed by atoms with Crippen molar-refractivity contribution < 1.29 is 9.53 Å². The van der Waals surface area contributed by atoms with E-state index in [4.69, 9.17) is 4.74 Å². The molecule has 0 aliphatic carbocycles. The fourth-order valence-corrected chi connectivity index (χ4v) is 1.99. The molecule has 1 unspecified atom stereocenters. The lowest BCUT2D eigenvalue weighted by atomic mass is 10.1. The third kappa shape index (κ3) is 4.31. The molecule has 0 radical (unpaired) electrons. The number of carbonyl (C=O) groups excluding carboxylic acids is 1. The van der Waals surface area contributed by atoms with Gasteiger partial charge in [-0.15, -0.1) is 0 Å². The molecule has 1 aromatic heterocycles. The van der Waals surface area contributed by atoms with Crippen LogP contribution in [0, 0.1) is 0 Å². The monoisotopic (exact) mass is 284 g/mol. The molecule has 4 heteroatoms. The summed E-state index contributed by atoms with van der Waals surface area (Å²) >= 11 is 0. The maximum absolute atomic E-state index is 12.1. The van der Waals surface area contributed by atoms with Crippen molar-refractivity contribution >= 4 is 5.91 Å². The Balaban J connectivity index is 2.06. The average Bonchev–Trinajstić information content (AvgIpc) is 2.47. The van der Waals surface area contributed by atoms with Crippen LogP contribution in [0.4, 0.5) is 0 Å². The Hall–Kier alpha value is -2.36. The standard InChI is InChI=1S/C17H20N2O2/c1-12(2)21-16-8-4-6-14(10-16)13(3)19-17(20)15-7-5-9-18-11-15/h4-13H,1-3H3,(H,19,20). The fraction of sp³-hybridized carbons (Fsp3) is 0.294. The van der Waals surface area contributed by atoms with Crippen molar-refractivity contribution in [1.29, 1.82) is 0 Å². The molecule has 110 valence electrons. The SMILES string of the molecule is CC(C)Oc1cccc(C(C)NC(=O)c2cccnc2)c1. The minimum atomic E-state index is -0.134. The summed E-state index contributed by atoms with van der Waals surface area (Å²) in [5.74, 6) is 0.677. The molecule has 0 aliphatic heterocycles. The van der Waals surface area contributed by atoms with Crippen LogP contribution >= 0.6 is 0 Å². The number of aromatic nitrogens is 1. The van der Waals surface area contributed by atoms with Crippen molar-refractivity contribution in [2.75, 3.05) is 0 Å². The third-order valence-electron chi connectivity index (χ3n) is 3.00. The second-order valence-electron chi connectivity index (χ2n) is 5.18. The second kappa shape index (κ2) is 6.88. The Morgan fingerprint density at radius 1 is 1.19 bits per heavy atom. The Labute approximate surface area is 125 Å². The highest BCUT2D eigenvalue weighted by molar-refractivity contribution is 5.94. The zero-order valence-electron chi connectivity index (χ0n) is 12.5. The molecule has 0 fully saturated rings. The Morgan fingerprint density at radius 3 is 2.67 bits per heavy atom. The van der Waals surface area contributed by atoms with Crippen LogP contribution in [0.25, 0.3) is 0 Å². The largest absolute Gasteiger partial charge is 0.491 e. The molecule has 2 aromatic rings. The molecule has 0 saturated carbocycles. The van der Waals surface area contributed by atoms with Crippen LogP contribution in [-0.2, 0) is 0 Å². The number of pyridine rings is 1. The van der Waals surface area contributed by atoms with Crippen LogP contribution in [0.2, 0.25) is 0 Å². The predicted octanol–water partition coefficient (Wildman–Crippen LogP) is 3.36. The van der Waals surface area contributed by atoms with Crippen LogP contribution in [0.1, 0.15) is 42.7 Å².